The molecule has 0 saturated carbocycles. The Hall–Kier alpha value is 2.78. The summed E-state index contributed by atoms with van der Waals surface area (Å²) < 4.78 is 0. The van der Waals surface area contributed by atoms with Gasteiger partial charge in [0.25, 0.3) is 0 Å². The summed E-state index contributed by atoms with van der Waals surface area (Å²) in [5.74, 6) is 0. The van der Waals surface area contributed by atoms with Crippen LogP contribution in [0.25, 0.3) is 0 Å². The molecule has 0 aliphatic rings. The normalized spacial score (nSPS) is 6.00. The maximum Gasteiger partial charge on any atom is 1.00 e. The summed E-state index contributed by atoms with van der Waals surface area (Å²) >= 11 is 0. The van der Waals surface area contributed by atoms with E-state index in [4.69, 9.17) is 15.5 Å². The Morgan fingerprint density at radius 1 is 0.500 bits per heavy atom. The van der Waals surface area contributed by atoms with Crippen LogP contribution in [-0.4, -0.2) is 86.1 Å². The van der Waals surface area contributed by atoms with Crippen LogP contribution in [0.5, 0.6) is 0 Å². The van der Waals surface area contributed by atoms with Gasteiger partial charge in [-0.25, -0.2) is 0 Å². The van der Waals surface area contributed by atoms with Crippen LogP contribution in [0.3, 0.4) is 0 Å². The third-order valence-electron chi connectivity index (χ3n) is 1.00. The first-order valence-corrected chi connectivity index (χ1v) is 3.67. The maximum atomic E-state index is 5.12. The molecule has 0 atom stereocenters. The van der Waals surface area contributed by atoms with Gasteiger partial charge in [-0.1, -0.05) is 0 Å². The van der Waals surface area contributed by atoms with Gasteiger partial charge in [0.05, 0.1) is 0 Å². The van der Waals surface area contributed by atoms with Crippen LogP contribution in [0, 0.1) is 0 Å². The summed E-state index contributed by atoms with van der Waals surface area (Å²) in [6, 6.07) is 0. The second-order valence-electron chi connectivity index (χ2n) is 1.92. The van der Waals surface area contributed by atoms with E-state index in [1.807, 2.05) is 42.4 Å². The average molecular weight is 178 g/mol. The summed E-state index contributed by atoms with van der Waals surface area (Å²) in [6.07, 6.45) is 0. The van der Waals surface area contributed by atoms with E-state index < -0.39 is 0 Å². The molecule has 0 aromatic heterocycles. The van der Waals surface area contributed by atoms with Crippen LogP contribution in [0.15, 0.2) is 0 Å². The third-order valence-corrected chi connectivity index (χ3v) is 1.00. The molecule has 0 bridgehead atoms. The zero-order valence-electron chi connectivity index (χ0n) is 10.9. The summed E-state index contributed by atoms with van der Waals surface area (Å²) in [5.41, 5.74) is 0. The monoisotopic (exact) mass is 180 g/mol. The third kappa shape index (κ3) is 20.2. The zero-order chi connectivity index (χ0) is 9.07. The van der Waals surface area contributed by atoms with Crippen molar-refractivity contribution in [2.75, 3.05) is 0 Å². The molecule has 14 heteroatoms. The molecule has 0 unspecified atom stereocenters. The molecule has 0 heterocycles. The molecule has 0 aliphatic heterocycles. The van der Waals surface area contributed by atoms with Crippen molar-refractivity contribution in [2.24, 2.45) is 0 Å². The molecule has 0 aromatic rings. The van der Waals surface area contributed by atoms with Crippen molar-refractivity contribution in [3.05, 3.63) is 0 Å². The molecule has 0 rings (SSSR count). The van der Waals surface area contributed by atoms with E-state index in [0.717, 1.165) is 0 Å². The standard InChI is InChI=1S/B12.2Na.2H/c1-3-5-7-9-11-12-10-8-6-4-2;;;;/q;2*+1;2*-1. The topological polar surface area (TPSA) is 0 Å². The summed E-state index contributed by atoms with van der Waals surface area (Å²) in [6.45, 7) is 0. The van der Waals surface area contributed by atoms with Crippen molar-refractivity contribution < 1.29 is 62.0 Å². The van der Waals surface area contributed by atoms with Crippen LogP contribution in [0.2, 0.25) is 0 Å². The number of rotatable bonds is 9. The minimum atomic E-state index is 0. The van der Waals surface area contributed by atoms with Crippen LogP contribution in [0.1, 0.15) is 2.85 Å². The second-order valence-corrected chi connectivity index (χ2v) is 1.92. The zero-order valence-corrected chi connectivity index (χ0v) is 12.9. The average Bonchev–Trinajstić information content (AvgIpc) is 2.10. The SMILES string of the molecule is [B][B][B][B][B][B][B][B][B][B][B][B].[H-].[H-].[Na+].[Na+]. The quantitative estimate of drug-likeness (QED) is 0.243. The predicted octanol–water partition coefficient (Wildman–Crippen LogP) is -10.3. The van der Waals surface area contributed by atoms with Crippen molar-refractivity contribution in [3.63, 3.8) is 0 Å². The Labute approximate surface area is 146 Å². The van der Waals surface area contributed by atoms with E-state index in [2.05, 4.69) is 0 Å². The molecular weight excluding hydrogens is 176 g/mol. The first kappa shape index (κ1) is 22.0. The van der Waals surface area contributed by atoms with Gasteiger partial charge >= 0.3 is 59.1 Å². The van der Waals surface area contributed by atoms with Gasteiger partial charge < -0.3 is 2.85 Å². The van der Waals surface area contributed by atoms with Crippen LogP contribution in [-0.2, 0) is 0 Å². The van der Waals surface area contributed by atoms with Gasteiger partial charge in [-0.2, -0.15) is 0 Å². The Balaban J connectivity index is -0.000000101. The molecule has 0 amide bonds. The maximum absolute atomic E-state index is 5.12. The molecule has 0 spiro atoms. The Morgan fingerprint density at radius 2 is 0.714 bits per heavy atom. The largest absolute Gasteiger partial charge is 1.00 e. The molecule has 0 aliphatic carbocycles. The molecule has 14 heavy (non-hydrogen) atoms. The van der Waals surface area contributed by atoms with E-state index >= 15 is 0 Å². The van der Waals surface area contributed by atoms with Crippen molar-refractivity contribution in [2.45, 2.75) is 0 Å². The minimum Gasteiger partial charge on any atom is -1.00 e. The van der Waals surface area contributed by atoms with E-state index in [1.165, 1.54) is 14.1 Å². The summed E-state index contributed by atoms with van der Waals surface area (Å²) in [7, 11) is 28.0. The van der Waals surface area contributed by atoms with Crippen LogP contribution >= 0.6 is 0 Å². The Morgan fingerprint density at radius 3 is 0.929 bits per heavy atom. The van der Waals surface area contributed by atoms with Crippen molar-refractivity contribution in [1.82, 2.24) is 0 Å². The van der Waals surface area contributed by atoms with E-state index in [-0.39, 0.29) is 62.0 Å². The van der Waals surface area contributed by atoms with Gasteiger partial charge in [0.15, 0.2) is 0 Å². The smallest absolute Gasteiger partial charge is 1.00 e. The van der Waals surface area contributed by atoms with Gasteiger partial charge in [-0.05, 0) is 0 Å². The van der Waals surface area contributed by atoms with E-state index in [9.17, 15) is 0 Å². The van der Waals surface area contributed by atoms with Gasteiger partial charge in [0.1, 0.15) is 0 Å². The molecule has 0 N–H and O–H groups in total. The van der Waals surface area contributed by atoms with E-state index in [1.54, 1.807) is 14.1 Å². The van der Waals surface area contributed by atoms with E-state index in [0.29, 0.717) is 0 Å². The van der Waals surface area contributed by atoms with Crippen molar-refractivity contribution >= 4 is 86.1 Å². The van der Waals surface area contributed by atoms with Gasteiger partial charge in [0.2, 0.25) is 0 Å². The van der Waals surface area contributed by atoms with Crippen LogP contribution in [0.4, 0.5) is 0 Å². The second kappa shape index (κ2) is 21.1. The first-order chi connectivity index (χ1) is 5.91. The van der Waals surface area contributed by atoms with Crippen LogP contribution < -0.4 is 59.1 Å². The minimum absolute atomic E-state index is 0. The molecule has 14 radical (unpaired) electrons. The molecule has 40 valence electrons. The van der Waals surface area contributed by atoms with Gasteiger partial charge in [-0.15, -0.1) is 0 Å². The fraction of sp³-hybridized carbons (Fsp3) is 0. The summed E-state index contributed by atoms with van der Waals surface area (Å²) in [5, 5.41) is 0. The van der Waals surface area contributed by atoms with Crippen molar-refractivity contribution in [3.8, 4) is 0 Å². The molecular formula is H2B12Na2. The fourth-order valence-electron chi connectivity index (χ4n) is 0.513. The van der Waals surface area contributed by atoms with Crippen molar-refractivity contribution in [1.29, 1.82) is 0 Å². The predicted molar refractivity (Wildman–Crippen MR) is 71.3 cm³/mol. The van der Waals surface area contributed by atoms with Gasteiger partial charge in [-0.3, -0.25) is 0 Å². The number of hydrogen-bond acceptors (Lipinski definition) is 0. The Kier molecular flexibility index (Phi) is 33.2. The molecule has 0 nitrogen and oxygen atoms in total. The molecule has 0 fully saturated rings. The molecule has 0 saturated heterocycles. The Bertz CT molecular complexity index is 73.4. The molecule has 0 aromatic carbocycles. The fourth-order valence-corrected chi connectivity index (χ4v) is 0.513. The first-order valence-electron chi connectivity index (χ1n) is 3.67. The number of hydrogen-bond donors (Lipinski definition) is 0. The van der Waals surface area contributed by atoms with Gasteiger partial charge in [0, 0.05) is 86.1 Å². The summed E-state index contributed by atoms with van der Waals surface area (Å²) in [4.78, 5) is 0.